The Balaban J connectivity index is 1.51. The lowest BCUT2D eigenvalue weighted by molar-refractivity contribution is 0.222. The zero-order chi connectivity index (χ0) is 17.9. The first kappa shape index (κ1) is 18.2. The molecule has 1 aromatic rings. The van der Waals surface area contributed by atoms with Gasteiger partial charge in [-0.1, -0.05) is 30.3 Å². The number of carbonyl (C=O) groups is 1. The minimum Gasteiger partial charge on any atom is -0.335 e. The molecule has 3 rings (SSSR count). The van der Waals surface area contributed by atoms with Crippen molar-refractivity contribution in [2.75, 3.05) is 18.8 Å². The van der Waals surface area contributed by atoms with E-state index in [-0.39, 0.29) is 23.9 Å². The predicted molar refractivity (Wildman–Crippen MR) is 97.6 cm³/mol. The van der Waals surface area contributed by atoms with E-state index in [0.29, 0.717) is 31.8 Å². The molecule has 0 spiro atoms. The average molecular weight is 365 g/mol. The lowest BCUT2D eigenvalue weighted by Gasteiger charge is -2.31. The predicted octanol–water partition coefficient (Wildman–Crippen LogP) is 2.25. The fraction of sp³-hybridized carbons (Fsp3) is 0.611. The van der Waals surface area contributed by atoms with Gasteiger partial charge in [0.1, 0.15) is 0 Å². The molecule has 2 amide bonds. The maximum absolute atomic E-state index is 12.4. The fourth-order valence-electron chi connectivity index (χ4n) is 3.39. The van der Waals surface area contributed by atoms with E-state index in [2.05, 4.69) is 22.8 Å². The van der Waals surface area contributed by atoms with Gasteiger partial charge in [0.15, 0.2) is 0 Å². The molecule has 1 atom stereocenters. The number of nitrogens with one attached hydrogen (secondary N) is 2. The van der Waals surface area contributed by atoms with Crippen LogP contribution >= 0.6 is 0 Å². The summed E-state index contributed by atoms with van der Waals surface area (Å²) in [6.07, 6.45) is 3.61. The summed E-state index contributed by atoms with van der Waals surface area (Å²) >= 11 is 0. The highest BCUT2D eigenvalue weighted by atomic mass is 32.2. The Morgan fingerprint density at radius 2 is 1.80 bits per heavy atom. The number of nitrogens with zero attached hydrogens (tertiary/aromatic N) is 1. The average Bonchev–Trinajstić information content (AvgIpc) is 3.46. The number of rotatable bonds is 6. The Labute approximate surface area is 150 Å². The highest BCUT2D eigenvalue weighted by Gasteiger charge is 2.34. The van der Waals surface area contributed by atoms with Crippen LogP contribution in [-0.2, 0) is 10.0 Å². The van der Waals surface area contributed by atoms with Gasteiger partial charge < -0.3 is 10.6 Å². The number of piperidine rings is 1. The van der Waals surface area contributed by atoms with Gasteiger partial charge in [0.2, 0.25) is 10.0 Å². The summed E-state index contributed by atoms with van der Waals surface area (Å²) in [6, 6.07) is 10.0. The third kappa shape index (κ3) is 4.73. The van der Waals surface area contributed by atoms with Crippen molar-refractivity contribution in [1.82, 2.24) is 14.9 Å². The normalized spacial score (nSPS) is 20.8. The molecule has 7 heteroatoms. The zero-order valence-corrected chi connectivity index (χ0v) is 15.5. The Kier molecular flexibility index (Phi) is 5.64. The van der Waals surface area contributed by atoms with Gasteiger partial charge in [-0.15, -0.1) is 0 Å². The van der Waals surface area contributed by atoms with E-state index < -0.39 is 10.0 Å². The molecule has 1 aromatic carbocycles. The Morgan fingerprint density at radius 3 is 2.36 bits per heavy atom. The second-order valence-corrected chi connectivity index (χ2v) is 9.18. The second-order valence-electron chi connectivity index (χ2n) is 6.92. The lowest BCUT2D eigenvalue weighted by atomic mass is 10.0. The third-order valence-corrected chi connectivity index (χ3v) is 6.97. The van der Waals surface area contributed by atoms with Gasteiger partial charge in [0.25, 0.3) is 0 Å². The molecule has 1 saturated carbocycles. The van der Waals surface area contributed by atoms with Crippen molar-refractivity contribution in [3.8, 4) is 0 Å². The number of sulfonamides is 1. The van der Waals surface area contributed by atoms with E-state index in [1.165, 1.54) is 4.31 Å². The summed E-state index contributed by atoms with van der Waals surface area (Å²) in [5.41, 5.74) is 1.14. The van der Waals surface area contributed by atoms with E-state index in [9.17, 15) is 13.2 Å². The van der Waals surface area contributed by atoms with Gasteiger partial charge in [0.05, 0.1) is 11.8 Å². The molecule has 1 aliphatic carbocycles. The minimum atomic E-state index is -3.13. The van der Waals surface area contributed by atoms with Crippen molar-refractivity contribution >= 4 is 16.1 Å². The van der Waals surface area contributed by atoms with Crippen LogP contribution in [0.3, 0.4) is 0 Å². The quantitative estimate of drug-likeness (QED) is 0.812. The van der Waals surface area contributed by atoms with Crippen LogP contribution in [0.5, 0.6) is 0 Å². The van der Waals surface area contributed by atoms with Gasteiger partial charge in [-0.05, 0) is 44.1 Å². The summed E-state index contributed by atoms with van der Waals surface area (Å²) in [6.45, 7) is 2.62. The van der Waals surface area contributed by atoms with Crippen molar-refractivity contribution < 1.29 is 13.2 Å². The molecule has 0 unspecified atom stereocenters. The van der Waals surface area contributed by atoms with Crippen molar-refractivity contribution in [2.45, 2.75) is 44.7 Å². The lowest BCUT2D eigenvalue weighted by Crippen LogP contribution is -2.50. The van der Waals surface area contributed by atoms with Crippen LogP contribution in [0, 0.1) is 5.92 Å². The monoisotopic (exact) mass is 365 g/mol. The summed E-state index contributed by atoms with van der Waals surface area (Å²) in [5, 5.41) is 6.13. The van der Waals surface area contributed by atoms with E-state index >= 15 is 0 Å². The number of hydrogen-bond donors (Lipinski definition) is 2. The SMILES string of the molecule is CCS(=O)(=O)N1CCC(NC(=O)N[C@H](c2ccccc2)C2CC2)CC1. The van der Waals surface area contributed by atoms with E-state index in [1.807, 2.05) is 18.2 Å². The topological polar surface area (TPSA) is 78.5 Å². The molecule has 0 radical (unpaired) electrons. The molecule has 138 valence electrons. The third-order valence-electron chi connectivity index (χ3n) is 5.09. The summed E-state index contributed by atoms with van der Waals surface area (Å²) < 4.78 is 25.3. The van der Waals surface area contributed by atoms with Gasteiger partial charge >= 0.3 is 6.03 Å². The molecule has 25 heavy (non-hydrogen) atoms. The van der Waals surface area contributed by atoms with Crippen LogP contribution in [0.4, 0.5) is 4.79 Å². The van der Waals surface area contributed by atoms with E-state index in [0.717, 1.165) is 18.4 Å². The molecular formula is C18H27N3O3S. The van der Waals surface area contributed by atoms with Crippen LogP contribution in [0.2, 0.25) is 0 Å². The summed E-state index contributed by atoms with van der Waals surface area (Å²) in [5.74, 6) is 0.649. The molecule has 1 aliphatic heterocycles. The number of amides is 2. The molecule has 0 aromatic heterocycles. The van der Waals surface area contributed by atoms with Gasteiger partial charge in [-0.2, -0.15) is 0 Å². The molecule has 2 N–H and O–H groups in total. The fourth-order valence-corrected chi connectivity index (χ4v) is 4.52. The van der Waals surface area contributed by atoms with E-state index in [1.54, 1.807) is 6.92 Å². The maximum atomic E-state index is 12.4. The molecule has 2 fully saturated rings. The molecule has 1 saturated heterocycles. The van der Waals surface area contributed by atoms with Crippen molar-refractivity contribution in [3.63, 3.8) is 0 Å². The minimum absolute atomic E-state index is 0.0268. The van der Waals surface area contributed by atoms with Crippen LogP contribution in [0.15, 0.2) is 30.3 Å². The number of hydrogen-bond acceptors (Lipinski definition) is 3. The maximum Gasteiger partial charge on any atom is 0.315 e. The standard InChI is InChI=1S/C18H27N3O3S/c1-2-25(23,24)21-12-10-16(11-13-21)19-18(22)20-17(15-8-9-15)14-6-4-3-5-7-14/h3-7,15-17H,2,8-13H2,1H3,(H2,19,20,22)/t17-/m1/s1. The van der Waals surface area contributed by atoms with Crippen LogP contribution < -0.4 is 10.6 Å². The second kappa shape index (κ2) is 7.74. The molecular weight excluding hydrogens is 338 g/mol. The molecule has 0 bridgehead atoms. The van der Waals surface area contributed by atoms with Crippen molar-refractivity contribution in [2.24, 2.45) is 5.92 Å². The van der Waals surface area contributed by atoms with Crippen molar-refractivity contribution in [1.29, 1.82) is 0 Å². The first-order valence-electron chi connectivity index (χ1n) is 9.09. The summed E-state index contributed by atoms with van der Waals surface area (Å²) in [4.78, 5) is 12.4. The number of carbonyl (C=O) groups excluding carboxylic acids is 1. The number of benzene rings is 1. The van der Waals surface area contributed by atoms with E-state index in [4.69, 9.17) is 0 Å². The number of urea groups is 1. The molecule has 2 aliphatic rings. The Morgan fingerprint density at radius 1 is 1.16 bits per heavy atom. The molecule has 1 heterocycles. The Hall–Kier alpha value is -1.60. The van der Waals surface area contributed by atoms with Crippen LogP contribution in [-0.4, -0.2) is 43.6 Å². The Bertz CT molecular complexity index is 681. The first-order chi connectivity index (χ1) is 12.0. The van der Waals surface area contributed by atoms with Crippen molar-refractivity contribution in [3.05, 3.63) is 35.9 Å². The smallest absolute Gasteiger partial charge is 0.315 e. The van der Waals surface area contributed by atoms with Gasteiger partial charge in [0, 0.05) is 19.1 Å². The highest BCUT2D eigenvalue weighted by molar-refractivity contribution is 7.89. The summed E-state index contributed by atoms with van der Waals surface area (Å²) in [7, 11) is -3.13. The van der Waals surface area contributed by atoms with Gasteiger partial charge in [-0.3, -0.25) is 0 Å². The highest BCUT2D eigenvalue weighted by Crippen LogP contribution is 2.40. The largest absolute Gasteiger partial charge is 0.335 e. The molecule has 6 nitrogen and oxygen atoms in total. The first-order valence-corrected chi connectivity index (χ1v) is 10.7. The zero-order valence-electron chi connectivity index (χ0n) is 14.6. The van der Waals surface area contributed by atoms with Crippen LogP contribution in [0.25, 0.3) is 0 Å². The van der Waals surface area contributed by atoms with Gasteiger partial charge in [-0.25, -0.2) is 17.5 Å². The van der Waals surface area contributed by atoms with Crippen LogP contribution in [0.1, 0.15) is 44.2 Å².